The number of esters is 1. The number of thiophene rings is 1. The summed E-state index contributed by atoms with van der Waals surface area (Å²) in [5.41, 5.74) is 1.22. The maximum absolute atomic E-state index is 11.9. The highest BCUT2D eigenvalue weighted by atomic mass is 35.5. The molecule has 1 aromatic carbocycles. The van der Waals surface area contributed by atoms with Crippen molar-refractivity contribution >= 4 is 45.5 Å². The van der Waals surface area contributed by atoms with Gasteiger partial charge in [-0.1, -0.05) is 6.07 Å². The van der Waals surface area contributed by atoms with Gasteiger partial charge in [0, 0.05) is 42.0 Å². The van der Waals surface area contributed by atoms with Crippen LogP contribution in [0.15, 0.2) is 24.3 Å². The number of carbonyl (C=O) groups is 1. The maximum atomic E-state index is 11.9. The van der Waals surface area contributed by atoms with Crippen molar-refractivity contribution in [1.29, 1.82) is 0 Å². The molecule has 2 aromatic rings. The van der Waals surface area contributed by atoms with Crippen LogP contribution in [0.2, 0.25) is 0 Å². The molecule has 1 N–H and O–H groups in total. The molecule has 2 heterocycles. The summed E-state index contributed by atoms with van der Waals surface area (Å²) in [6.07, 6.45) is 0. The number of fused-ring (bicyclic) bond motifs is 1. The topological polar surface area (TPSA) is 41.6 Å². The summed E-state index contributed by atoms with van der Waals surface area (Å²) in [4.78, 5) is 14.9. The molecule has 0 aliphatic carbocycles. The number of hydrogen-bond acceptors (Lipinski definition) is 5. The number of ether oxygens (including phenoxy) is 1. The predicted octanol–water partition coefficient (Wildman–Crippen LogP) is 2.91. The summed E-state index contributed by atoms with van der Waals surface area (Å²) in [5, 5.41) is 4.51. The summed E-state index contributed by atoms with van der Waals surface area (Å²) >= 11 is 1.51. The summed E-state index contributed by atoms with van der Waals surface area (Å²) in [5.74, 6) is -0.222. The molecule has 6 heteroatoms. The quantitative estimate of drug-likeness (QED) is 0.881. The summed E-state index contributed by atoms with van der Waals surface area (Å²) in [6, 6.07) is 8.23. The molecule has 0 spiro atoms. The third-order valence-corrected chi connectivity index (χ3v) is 4.55. The Morgan fingerprint density at radius 1 is 1.38 bits per heavy atom. The number of piperazine rings is 1. The van der Waals surface area contributed by atoms with Crippen LogP contribution in [0.1, 0.15) is 16.6 Å². The van der Waals surface area contributed by atoms with E-state index in [9.17, 15) is 4.79 Å². The van der Waals surface area contributed by atoms with Gasteiger partial charge in [-0.25, -0.2) is 4.79 Å². The zero-order valence-electron chi connectivity index (χ0n) is 11.9. The molecular weight excluding hydrogens is 308 g/mol. The maximum Gasteiger partial charge on any atom is 0.348 e. The van der Waals surface area contributed by atoms with E-state index in [-0.39, 0.29) is 18.4 Å². The molecule has 0 radical (unpaired) electrons. The first kappa shape index (κ1) is 16.1. The first-order chi connectivity index (χ1) is 9.79. The normalized spacial score (nSPS) is 14.8. The van der Waals surface area contributed by atoms with E-state index in [1.54, 1.807) is 0 Å². The van der Waals surface area contributed by atoms with Crippen molar-refractivity contribution < 1.29 is 9.53 Å². The fourth-order valence-electron chi connectivity index (χ4n) is 2.53. The van der Waals surface area contributed by atoms with Gasteiger partial charge in [-0.3, -0.25) is 0 Å². The standard InChI is InChI=1S/C15H18N2O2S.ClH/c1-2-19-15(18)14-10-11-12(4-3-5-13(11)20-14)17-8-6-16-7-9-17;/h3-5,10,16H,2,6-9H2,1H3;1H. The average molecular weight is 327 g/mol. The molecule has 1 saturated heterocycles. The highest BCUT2D eigenvalue weighted by Gasteiger charge is 2.17. The molecule has 1 aliphatic rings. The summed E-state index contributed by atoms with van der Waals surface area (Å²) in [6.45, 7) is 6.26. The third kappa shape index (κ3) is 3.31. The molecule has 1 fully saturated rings. The Labute approximate surface area is 134 Å². The van der Waals surface area contributed by atoms with Gasteiger partial charge in [0.2, 0.25) is 0 Å². The minimum atomic E-state index is -0.222. The minimum absolute atomic E-state index is 0. The van der Waals surface area contributed by atoms with Crippen molar-refractivity contribution in [3.63, 3.8) is 0 Å². The summed E-state index contributed by atoms with van der Waals surface area (Å²) in [7, 11) is 0. The van der Waals surface area contributed by atoms with Gasteiger partial charge in [-0.15, -0.1) is 23.7 Å². The molecule has 0 bridgehead atoms. The third-order valence-electron chi connectivity index (χ3n) is 3.47. The average Bonchev–Trinajstić information content (AvgIpc) is 2.92. The first-order valence-electron chi connectivity index (χ1n) is 6.95. The number of nitrogens with one attached hydrogen (secondary N) is 1. The van der Waals surface area contributed by atoms with Gasteiger partial charge in [0.15, 0.2) is 0 Å². The second-order valence-corrected chi connectivity index (χ2v) is 5.84. The molecule has 21 heavy (non-hydrogen) atoms. The van der Waals surface area contributed by atoms with Crippen LogP contribution >= 0.6 is 23.7 Å². The monoisotopic (exact) mass is 326 g/mol. The smallest absolute Gasteiger partial charge is 0.348 e. The van der Waals surface area contributed by atoms with Crippen molar-refractivity contribution in [2.45, 2.75) is 6.92 Å². The van der Waals surface area contributed by atoms with Crippen LogP contribution in [0.4, 0.5) is 5.69 Å². The largest absolute Gasteiger partial charge is 0.462 e. The van der Waals surface area contributed by atoms with Gasteiger partial charge in [-0.2, -0.15) is 0 Å². The van der Waals surface area contributed by atoms with Crippen molar-refractivity contribution in [2.75, 3.05) is 37.7 Å². The van der Waals surface area contributed by atoms with Crippen molar-refractivity contribution in [1.82, 2.24) is 5.32 Å². The highest BCUT2D eigenvalue weighted by molar-refractivity contribution is 7.20. The zero-order chi connectivity index (χ0) is 13.9. The van der Waals surface area contributed by atoms with Crippen LogP contribution in [-0.2, 0) is 4.74 Å². The van der Waals surface area contributed by atoms with E-state index < -0.39 is 0 Å². The number of rotatable bonds is 3. The van der Waals surface area contributed by atoms with E-state index in [4.69, 9.17) is 4.74 Å². The second kappa shape index (κ2) is 7.11. The van der Waals surface area contributed by atoms with E-state index >= 15 is 0 Å². The van der Waals surface area contributed by atoms with E-state index in [0.717, 1.165) is 36.3 Å². The molecule has 0 amide bonds. The van der Waals surface area contributed by atoms with Gasteiger partial charge >= 0.3 is 5.97 Å². The van der Waals surface area contributed by atoms with Crippen LogP contribution in [0.5, 0.6) is 0 Å². The van der Waals surface area contributed by atoms with Crippen LogP contribution < -0.4 is 10.2 Å². The van der Waals surface area contributed by atoms with Crippen molar-refractivity contribution in [3.8, 4) is 0 Å². The summed E-state index contributed by atoms with van der Waals surface area (Å²) < 4.78 is 6.23. The number of carbonyl (C=O) groups excluding carboxylic acids is 1. The Morgan fingerprint density at radius 2 is 2.14 bits per heavy atom. The zero-order valence-corrected chi connectivity index (χ0v) is 13.6. The van der Waals surface area contributed by atoms with Gasteiger partial charge in [0.1, 0.15) is 4.88 Å². The molecule has 0 saturated carbocycles. The molecule has 1 aromatic heterocycles. The van der Waals surface area contributed by atoms with Crippen LogP contribution in [0, 0.1) is 0 Å². The Morgan fingerprint density at radius 3 is 2.86 bits per heavy atom. The highest BCUT2D eigenvalue weighted by Crippen LogP contribution is 2.33. The molecule has 3 rings (SSSR count). The van der Waals surface area contributed by atoms with Crippen molar-refractivity contribution in [3.05, 3.63) is 29.1 Å². The molecule has 0 unspecified atom stereocenters. The Hall–Kier alpha value is -1.30. The second-order valence-electron chi connectivity index (χ2n) is 4.76. The predicted molar refractivity (Wildman–Crippen MR) is 90.1 cm³/mol. The van der Waals surface area contributed by atoms with Crippen LogP contribution in [0.3, 0.4) is 0 Å². The minimum Gasteiger partial charge on any atom is -0.462 e. The molecular formula is C15H19ClN2O2S. The van der Waals surface area contributed by atoms with Gasteiger partial charge < -0.3 is 15.0 Å². The number of anilines is 1. The fourth-order valence-corrected chi connectivity index (χ4v) is 3.51. The lowest BCUT2D eigenvalue weighted by Gasteiger charge is -2.30. The number of hydrogen-bond donors (Lipinski definition) is 1. The SMILES string of the molecule is CCOC(=O)c1cc2c(N3CCNCC3)cccc2s1.Cl. The fraction of sp³-hybridized carbons (Fsp3) is 0.400. The molecule has 4 nitrogen and oxygen atoms in total. The van der Waals surface area contributed by atoms with Crippen LogP contribution in [0.25, 0.3) is 10.1 Å². The Kier molecular flexibility index (Phi) is 5.45. The molecule has 1 aliphatic heterocycles. The lowest BCUT2D eigenvalue weighted by molar-refractivity contribution is 0.0532. The van der Waals surface area contributed by atoms with Crippen molar-refractivity contribution in [2.24, 2.45) is 0 Å². The lowest BCUT2D eigenvalue weighted by Crippen LogP contribution is -2.43. The Bertz CT molecular complexity index is 623. The van der Waals surface area contributed by atoms with E-state index in [2.05, 4.69) is 28.4 Å². The lowest BCUT2D eigenvalue weighted by atomic mass is 10.2. The van der Waals surface area contributed by atoms with Gasteiger partial charge in [-0.05, 0) is 25.1 Å². The van der Waals surface area contributed by atoms with Gasteiger partial charge in [0.25, 0.3) is 0 Å². The Balaban J connectivity index is 0.00000161. The number of halogens is 1. The van der Waals surface area contributed by atoms with Gasteiger partial charge in [0.05, 0.1) is 6.61 Å². The van der Waals surface area contributed by atoms with Crippen LogP contribution in [-0.4, -0.2) is 38.8 Å². The first-order valence-corrected chi connectivity index (χ1v) is 7.76. The number of nitrogens with zero attached hydrogens (tertiary/aromatic N) is 1. The number of benzene rings is 1. The molecule has 0 atom stereocenters. The van der Waals surface area contributed by atoms with E-state index in [1.807, 2.05) is 13.0 Å². The molecule has 114 valence electrons. The van der Waals surface area contributed by atoms with E-state index in [1.165, 1.54) is 17.0 Å². The van der Waals surface area contributed by atoms with E-state index in [0.29, 0.717) is 11.5 Å².